The molecule has 0 aromatic heterocycles. The molecule has 0 aromatic rings. The Balaban J connectivity index is 3.73. The summed E-state index contributed by atoms with van der Waals surface area (Å²) in [6.45, 7) is 4.10. The van der Waals surface area contributed by atoms with Crippen LogP contribution < -0.4 is 5.32 Å². The lowest BCUT2D eigenvalue weighted by atomic mass is 9.99. The number of rotatable bonds is 29. The molecule has 38 heavy (non-hydrogen) atoms. The maximum absolute atomic E-state index is 12.2. The summed E-state index contributed by atoms with van der Waals surface area (Å²) < 4.78 is 0. The van der Waals surface area contributed by atoms with Crippen LogP contribution in [0.3, 0.4) is 0 Å². The van der Waals surface area contributed by atoms with E-state index in [9.17, 15) is 20.1 Å². The van der Waals surface area contributed by atoms with Crippen molar-refractivity contribution >= 4 is 5.91 Å². The average molecular weight is 540 g/mol. The highest BCUT2D eigenvalue weighted by molar-refractivity contribution is 5.76. The van der Waals surface area contributed by atoms with Crippen LogP contribution in [0.5, 0.6) is 0 Å². The van der Waals surface area contributed by atoms with Gasteiger partial charge in [-0.2, -0.15) is 0 Å². The Morgan fingerprint density at radius 2 is 1.05 bits per heavy atom. The highest BCUT2D eigenvalue weighted by Crippen LogP contribution is 2.15. The SMILES string of the molecule is CCCCCC/C=C\CCCC(=O)NC(CO)C(O)C(O)CCCCCCCCCCCCCCCCC. The number of carbonyl (C=O) groups is 1. The molecule has 0 heterocycles. The molecule has 1 amide bonds. The molecule has 0 radical (unpaired) electrons. The topological polar surface area (TPSA) is 89.8 Å². The van der Waals surface area contributed by atoms with Crippen LogP contribution >= 0.6 is 0 Å². The first-order chi connectivity index (χ1) is 18.6. The van der Waals surface area contributed by atoms with Gasteiger partial charge in [0.25, 0.3) is 0 Å². The summed E-state index contributed by atoms with van der Waals surface area (Å²) in [5.74, 6) is -0.182. The van der Waals surface area contributed by atoms with Crippen molar-refractivity contribution in [2.45, 2.75) is 186 Å². The summed E-state index contributed by atoms with van der Waals surface area (Å²) in [5.41, 5.74) is 0. The van der Waals surface area contributed by atoms with Crippen LogP contribution in [-0.2, 0) is 4.79 Å². The molecule has 0 rings (SSSR count). The number of carbonyl (C=O) groups excluding carboxylic acids is 1. The van der Waals surface area contributed by atoms with Gasteiger partial charge in [0.15, 0.2) is 0 Å². The van der Waals surface area contributed by atoms with E-state index in [4.69, 9.17) is 0 Å². The average Bonchev–Trinajstić information content (AvgIpc) is 2.92. The summed E-state index contributed by atoms with van der Waals surface area (Å²) in [6, 6.07) is -0.817. The zero-order chi connectivity index (χ0) is 28.1. The molecule has 0 fully saturated rings. The number of amides is 1. The molecule has 5 nitrogen and oxygen atoms in total. The largest absolute Gasteiger partial charge is 0.394 e. The zero-order valence-electron chi connectivity index (χ0n) is 25.3. The fourth-order valence-electron chi connectivity index (χ4n) is 4.99. The number of hydrogen-bond acceptors (Lipinski definition) is 4. The van der Waals surface area contributed by atoms with Crippen LogP contribution in [0.25, 0.3) is 0 Å². The number of allylic oxidation sites excluding steroid dienone is 2. The molecule has 0 aliphatic rings. The normalized spacial score (nSPS) is 14.1. The van der Waals surface area contributed by atoms with Gasteiger partial charge in [0.2, 0.25) is 5.91 Å². The highest BCUT2D eigenvalue weighted by Gasteiger charge is 2.26. The van der Waals surface area contributed by atoms with Gasteiger partial charge >= 0.3 is 0 Å². The first kappa shape index (κ1) is 37.1. The Morgan fingerprint density at radius 1 is 0.632 bits per heavy atom. The van der Waals surface area contributed by atoms with Gasteiger partial charge in [-0.3, -0.25) is 4.79 Å². The number of aliphatic hydroxyl groups excluding tert-OH is 3. The Kier molecular flexibility index (Phi) is 28.4. The second kappa shape index (κ2) is 29.1. The molecule has 226 valence electrons. The highest BCUT2D eigenvalue weighted by atomic mass is 16.3. The van der Waals surface area contributed by atoms with E-state index in [2.05, 4.69) is 31.3 Å². The molecule has 4 N–H and O–H groups in total. The third-order valence-electron chi connectivity index (χ3n) is 7.62. The molecule has 0 spiro atoms. The summed E-state index contributed by atoms with van der Waals surface area (Å²) >= 11 is 0. The van der Waals surface area contributed by atoms with E-state index in [0.29, 0.717) is 12.8 Å². The van der Waals surface area contributed by atoms with Gasteiger partial charge < -0.3 is 20.6 Å². The first-order valence-electron chi connectivity index (χ1n) is 16.5. The monoisotopic (exact) mass is 539 g/mol. The maximum Gasteiger partial charge on any atom is 0.220 e. The van der Waals surface area contributed by atoms with E-state index in [1.54, 1.807) is 0 Å². The second-order valence-corrected chi connectivity index (χ2v) is 11.4. The molecule has 0 aliphatic heterocycles. The molecule has 0 saturated heterocycles. The van der Waals surface area contributed by atoms with Gasteiger partial charge in [0.05, 0.1) is 18.8 Å². The maximum atomic E-state index is 12.2. The Hall–Kier alpha value is -0.910. The molecule has 0 bridgehead atoms. The minimum atomic E-state index is -1.14. The van der Waals surface area contributed by atoms with Gasteiger partial charge in [-0.05, 0) is 32.1 Å². The van der Waals surface area contributed by atoms with Gasteiger partial charge in [-0.1, -0.05) is 142 Å². The Bertz CT molecular complexity index is 525. The molecular weight excluding hydrogens is 474 g/mol. The van der Waals surface area contributed by atoms with Crippen molar-refractivity contribution in [3.63, 3.8) is 0 Å². The van der Waals surface area contributed by atoms with E-state index in [1.165, 1.54) is 103 Å². The van der Waals surface area contributed by atoms with Crippen molar-refractivity contribution in [3.8, 4) is 0 Å². The lowest BCUT2D eigenvalue weighted by Gasteiger charge is -2.26. The van der Waals surface area contributed by atoms with Crippen molar-refractivity contribution in [1.29, 1.82) is 0 Å². The van der Waals surface area contributed by atoms with E-state index in [0.717, 1.165) is 38.5 Å². The van der Waals surface area contributed by atoms with Gasteiger partial charge in [0, 0.05) is 6.42 Å². The minimum Gasteiger partial charge on any atom is -0.394 e. The van der Waals surface area contributed by atoms with Gasteiger partial charge in [0.1, 0.15) is 6.10 Å². The van der Waals surface area contributed by atoms with Gasteiger partial charge in [-0.25, -0.2) is 0 Å². The second-order valence-electron chi connectivity index (χ2n) is 11.4. The number of hydrogen-bond donors (Lipinski definition) is 4. The van der Waals surface area contributed by atoms with Crippen LogP contribution in [0.4, 0.5) is 0 Å². The smallest absolute Gasteiger partial charge is 0.220 e. The van der Waals surface area contributed by atoms with E-state index >= 15 is 0 Å². The van der Waals surface area contributed by atoms with Crippen molar-refractivity contribution < 1.29 is 20.1 Å². The van der Waals surface area contributed by atoms with Crippen LogP contribution in [0.15, 0.2) is 12.2 Å². The lowest BCUT2D eigenvalue weighted by molar-refractivity contribution is -0.124. The molecule has 5 heteroatoms. The minimum absolute atomic E-state index is 0.182. The van der Waals surface area contributed by atoms with Gasteiger partial charge in [-0.15, -0.1) is 0 Å². The molecule has 3 unspecified atom stereocenters. The zero-order valence-corrected chi connectivity index (χ0v) is 25.3. The van der Waals surface area contributed by atoms with E-state index in [-0.39, 0.29) is 12.5 Å². The quantitative estimate of drug-likeness (QED) is 0.0570. The number of unbranched alkanes of at least 4 members (excludes halogenated alkanes) is 19. The Labute approximate surface area is 236 Å². The lowest BCUT2D eigenvalue weighted by Crippen LogP contribution is -2.50. The predicted octanol–water partition coefficient (Wildman–Crippen LogP) is 8.14. The third-order valence-corrected chi connectivity index (χ3v) is 7.62. The molecule has 3 atom stereocenters. The van der Waals surface area contributed by atoms with Crippen LogP contribution in [-0.4, -0.2) is 46.1 Å². The molecule has 0 aromatic carbocycles. The summed E-state index contributed by atoms with van der Waals surface area (Å²) in [5, 5.41) is 33.1. The van der Waals surface area contributed by atoms with E-state index in [1.807, 2.05) is 0 Å². The number of aliphatic hydroxyl groups is 3. The molecule has 0 saturated carbocycles. The van der Waals surface area contributed by atoms with Crippen LogP contribution in [0.2, 0.25) is 0 Å². The fraction of sp³-hybridized carbons (Fsp3) is 0.909. The summed E-state index contributed by atoms with van der Waals surface area (Å²) in [4.78, 5) is 12.2. The Morgan fingerprint density at radius 3 is 1.53 bits per heavy atom. The molecule has 0 aliphatic carbocycles. The number of nitrogens with one attached hydrogen (secondary N) is 1. The van der Waals surface area contributed by atoms with Crippen molar-refractivity contribution in [1.82, 2.24) is 5.32 Å². The fourth-order valence-corrected chi connectivity index (χ4v) is 4.99. The van der Waals surface area contributed by atoms with Crippen molar-refractivity contribution in [2.75, 3.05) is 6.61 Å². The summed E-state index contributed by atoms with van der Waals surface area (Å²) in [7, 11) is 0. The van der Waals surface area contributed by atoms with Crippen LogP contribution in [0, 0.1) is 0 Å². The predicted molar refractivity (Wildman–Crippen MR) is 162 cm³/mol. The first-order valence-corrected chi connectivity index (χ1v) is 16.5. The van der Waals surface area contributed by atoms with Crippen molar-refractivity contribution in [3.05, 3.63) is 12.2 Å². The summed E-state index contributed by atoms with van der Waals surface area (Å²) in [6.07, 6.45) is 30.2. The standard InChI is InChI=1S/C33H65NO4/c1-3-5-7-9-11-13-14-15-16-17-18-20-21-23-25-27-31(36)33(38)30(29-35)34-32(37)28-26-24-22-19-12-10-8-6-4-2/h19,22,30-31,33,35-36,38H,3-18,20-21,23-29H2,1-2H3,(H,34,37)/b22-19-. The van der Waals surface area contributed by atoms with Crippen LogP contribution in [0.1, 0.15) is 168 Å². The van der Waals surface area contributed by atoms with Crippen molar-refractivity contribution in [2.24, 2.45) is 0 Å². The third kappa shape index (κ3) is 24.2. The van der Waals surface area contributed by atoms with E-state index < -0.39 is 18.2 Å². The molecular formula is C33H65NO4.